The van der Waals surface area contributed by atoms with E-state index in [1.165, 1.54) is 22.9 Å². The van der Waals surface area contributed by atoms with Crippen LogP contribution in [0.4, 0.5) is 0 Å². The summed E-state index contributed by atoms with van der Waals surface area (Å²) in [5.41, 5.74) is 4.60. The number of carboxylic acids is 1. The first kappa shape index (κ1) is 19.8. The van der Waals surface area contributed by atoms with Crippen LogP contribution in [-0.4, -0.2) is 23.4 Å². The summed E-state index contributed by atoms with van der Waals surface area (Å²) in [5.74, 6) is 0.765. The number of carboxylic acid groups (broad SMARTS) is 1. The van der Waals surface area contributed by atoms with Crippen molar-refractivity contribution in [2.24, 2.45) is 0 Å². The molecular weight excluding hydrogens is 368 g/mol. The Morgan fingerprint density at radius 2 is 1.68 bits per heavy atom. The lowest BCUT2D eigenvalue weighted by atomic mass is 10.0. The average molecular weight is 391 g/mol. The summed E-state index contributed by atoms with van der Waals surface area (Å²) in [4.78, 5) is 10.6. The predicted octanol–water partition coefficient (Wildman–Crippen LogP) is 5.76. The van der Waals surface area contributed by atoms with Gasteiger partial charge in [-0.1, -0.05) is 72.8 Å². The molecule has 28 heavy (non-hydrogen) atoms. The Labute approximate surface area is 169 Å². The molecule has 1 N–H and O–H groups in total. The van der Waals surface area contributed by atoms with Gasteiger partial charge >= 0.3 is 5.97 Å². The molecule has 0 spiro atoms. The van der Waals surface area contributed by atoms with Crippen LogP contribution in [-0.2, 0) is 10.5 Å². The molecular formula is C24H22O3S. The van der Waals surface area contributed by atoms with Crippen molar-refractivity contribution >= 4 is 23.8 Å². The van der Waals surface area contributed by atoms with Crippen molar-refractivity contribution < 1.29 is 14.6 Å². The van der Waals surface area contributed by atoms with E-state index in [1.807, 2.05) is 54.6 Å². The van der Waals surface area contributed by atoms with Gasteiger partial charge < -0.3 is 9.84 Å². The van der Waals surface area contributed by atoms with Gasteiger partial charge in [-0.2, -0.15) is 0 Å². The minimum Gasteiger partial charge on any atom is -0.490 e. The number of carbonyl (C=O) groups is 1. The van der Waals surface area contributed by atoms with Crippen LogP contribution < -0.4 is 4.74 Å². The maximum atomic E-state index is 10.6. The molecule has 0 aliphatic carbocycles. The zero-order valence-corrected chi connectivity index (χ0v) is 16.3. The van der Waals surface area contributed by atoms with Crippen molar-refractivity contribution in [3.8, 4) is 16.9 Å². The Morgan fingerprint density at radius 1 is 0.929 bits per heavy atom. The number of ether oxygens (including phenoxy) is 1. The molecule has 0 amide bonds. The fourth-order valence-electron chi connectivity index (χ4n) is 2.73. The summed E-state index contributed by atoms with van der Waals surface area (Å²) < 4.78 is 5.78. The minimum atomic E-state index is -0.792. The van der Waals surface area contributed by atoms with E-state index in [2.05, 4.69) is 36.4 Å². The summed E-state index contributed by atoms with van der Waals surface area (Å²) in [6, 6.07) is 26.5. The topological polar surface area (TPSA) is 46.5 Å². The average Bonchev–Trinajstić information content (AvgIpc) is 2.72. The van der Waals surface area contributed by atoms with Crippen LogP contribution in [0.1, 0.15) is 11.1 Å². The van der Waals surface area contributed by atoms with E-state index < -0.39 is 5.97 Å². The Balaban J connectivity index is 1.49. The summed E-state index contributed by atoms with van der Waals surface area (Å²) in [6.07, 6.45) is 4.03. The highest BCUT2D eigenvalue weighted by Gasteiger charge is 2.00. The van der Waals surface area contributed by atoms with E-state index in [-0.39, 0.29) is 5.75 Å². The minimum absolute atomic E-state index is 0.108. The number of hydrogen-bond donors (Lipinski definition) is 1. The molecule has 3 rings (SSSR count). The van der Waals surface area contributed by atoms with E-state index in [9.17, 15) is 4.79 Å². The summed E-state index contributed by atoms with van der Waals surface area (Å²) >= 11 is 1.38. The molecule has 3 nitrogen and oxygen atoms in total. The molecule has 0 saturated carbocycles. The third-order valence-corrected chi connectivity index (χ3v) is 5.06. The van der Waals surface area contributed by atoms with Gasteiger partial charge in [0.25, 0.3) is 0 Å². The highest BCUT2D eigenvalue weighted by Crippen LogP contribution is 2.20. The molecule has 0 heterocycles. The first-order valence-electron chi connectivity index (χ1n) is 9.04. The normalized spacial score (nSPS) is 10.9. The van der Waals surface area contributed by atoms with Crippen LogP contribution in [0.25, 0.3) is 17.2 Å². The molecule has 0 bridgehead atoms. The van der Waals surface area contributed by atoms with Gasteiger partial charge in [0.15, 0.2) is 0 Å². The first-order valence-corrected chi connectivity index (χ1v) is 10.2. The molecule has 0 radical (unpaired) electrons. The van der Waals surface area contributed by atoms with Crippen LogP contribution in [0.5, 0.6) is 5.75 Å². The Kier molecular flexibility index (Phi) is 7.33. The largest absolute Gasteiger partial charge is 0.490 e. The third kappa shape index (κ3) is 6.32. The second-order valence-electron chi connectivity index (χ2n) is 6.24. The van der Waals surface area contributed by atoms with E-state index in [0.29, 0.717) is 12.4 Å². The second-order valence-corrected chi connectivity index (χ2v) is 7.22. The van der Waals surface area contributed by atoms with Gasteiger partial charge in [-0.3, -0.25) is 4.79 Å². The van der Waals surface area contributed by atoms with Crippen molar-refractivity contribution in [2.75, 3.05) is 12.4 Å². The van der Waals surface area contributed by atoms with Gasteiger partial charge in [0.1, 0.15) is 12.4 Å². The monoisotopic (exact) mass is 390 g/mol. The van der Waals surface area contributed by atoms with Crippen LogP contribution >= 0.6 is 11.8 Å². The van der Waals surface area contributed by atoms with Crippen molar-refractivity contribution in [3.63, 3.8) is 0 Å². The Hall–Kier alpha value is -2.98. The van der Waals surface area contributed by atoms with Crippen LogP contribution in [0, 0.1) is 0 Å². The van der Waals surface area contributed by atoms with Crippen LogP contribution in [0.3, 0.4) is 0 Å². The Morgan fingerprint density at radius 3 is 2.43 bits per heavy atom. The molecule has 0 atom stereocenters. The van der Waals surface area contributed by atoms with E-state index in [0.717, 1.165) is 16.9 Å². The van der Waals surface area contributed by atoms with Gasteiger partial charge in [0.2, 0.25) is 0 Å². The zero-order chi connectivity index (χ0) is 19.6. The van der Waals surface area contributed by atoms with Gasteiger partial charge in [-0.25, -0.2) is 0 Å². The third-order valence-electron chi connectivity index (χ3n) is 4.07. The molecule has 0 unspecified atom stereocenters. The maximum Gasteiger partial charge on any atom is 0.313 e. The molecule has 3 aromatic rings. The van der Waals surface area contributed by atoms with Crippen molar-refractivity contribution in [3.05, 3.63) is 96.1 Å². The second kappa shape index (κ2) is 10.4. The summed E-state index contributed by atoms with van der Waals surface area (Å²) in [6.45, 7) is 0.478. The lowest BCUT2D eigenvalue weighted by Crippen LogP contribution is -1.98. The van der Waals surface area contributed by atoms with Gasteiger partial charge in [-0.15, -0.1) is 11.8 Å². The number of benzene rings is 3. The molecule has 0 aliphatic rings. The molecule has 4 heteroatoms. The van der Waals surface area contributed by atoms with Gasteiger partial charge in [0, 0.05) is 5.75 Å². The molecule has 0 saturated heterocycles. The standard InChI is InChI=1S/C24H22O3S/c25-24(26)18-28-17-20-6-4-10-23(16-20)27-15-5-7-19-11-13-22(14-12-19)21-8-2-1-3-9-21/h1-14,16H,15,17-18H2,(H,25,26). The van der Waals surface area contributed by atoms with Gasteiger partial charge in [-0.05, 0) is 40.5 Å². The number of hydrogen-bond acceptors (Lipinski definition) is 3. The number of rotatable bonds is 9. The molecule has 0 aliphatic heterocycles. The quantitative estimate of drug-likeness (QED) is 0.504. The van der Waals surface area contributed by atoms with Crippen LogP contribution in [0.15, 0.2) is 84.9 Å². The highest BCUT2D eigenvalue weighted by atomic mass is 32.2. The lowest BCUT2D eigenvalue weighted by molar-refractivity contribution is -0.133. The molecule has 0 fully saturated rings. The fourth-order valence-corrected chi connectivity index (χ4v) is 3.42. The van der Waals surface area contributed by atoms with E-state index >= 15 is 0 Å². The summed E-state index contributed by atoms with van der Waals surface area (Å²) in [5, 5.41) is 8.70. The van der Waals surface area contributed by atoms with Crippen molar-refractivity contribution in [1.29, 1.82) is 0 Å². The zero-order valence-electron chi connectivity index (χ0n) is 15.5. The Bertz CT molecular complexity index is 918. The van der Waals surface area contributed by atoms with Crippen LogP contribution in [0.2, 0.25) is 0 Å². The van der Waals surface area contributed by atoms with Crippen molar-refractivity contribution in [2.45, 2.75) is 5.75 Å². The van der Waals surface area contributed by atoms with Crippen molar-refractivity contribution in [1.82, 2.24) is 0 Å². The number of thioether (sulfide) groups is 1. The summed E-state index contributed by atoms with van der Waals surface area (Å²) in [7, 11) is 0. The van der Waals surface area contributed by atoms with E-state index in [4.69, 9.17) is 9.84 Å². The number of aliphatic carboxylic acids is 1. The SMILES string of the molecule is O=C(O)CSCc1cccc(OCC=Cc2ccc(-c3ccccc3)cc2)c1. The first-order chi connectivity index (χ1) is 13.7. The smallest absolute Gasteiger partial charge is 0.313 e. The van der Waals surface area contributed by atoms with Gasteiger partial charge in [0.05, 0.1) is 5.75 Å². The lowest BCUT2D eigenvalue weighted by Gasteiger charge is -2.06. The fraction of sp³-hybridized carbons (Fsp3) is 0.125. The molecule has 3 aromatic carbocycles. The molecule has 0 aromatic heterocycles. The molecule has 142 valence electrons. The predicted molar refractivity (Wildman–Crippen MR) is 117 cm³/mol. The maximum absolute atomic E-state index is 10.6. The van der Waals surface area contributed by atoms with E-state index in [1.54, 1.807) is 0 Å². The highest BCUT2D eigenvalue weighted by molar-refractivity contribution is 7.99.